The van der Waals surface area contributed by atoms with Gasteiger partial charge in [-0.05, 0) is 56.5 Å². The van der Waals surface area contributed by atoms with Gasteiger partial charge in [-0.3, -0.25) is 14.3 Å². The summed E-state index contributed by atoms with van der Waals surface area (Å²) >= 11 is 0. The highest BCUT2D eigenvalue weighted by molar-refractivity contribution is 7.92. The topological polar surface area (TPSA) is 86.8 Å². The molecule has 1 aliphatic heterocycles. The Morgan fingerprint density at radius 3 is 2.39 bits per heavy atom. The van der Waals surface area contributed by atoms with Crippen LogP contribution in [0.4, 0.5) is 5.69 Å². The summed E-state index contributed by atoms with van der Waals surface area (Å²) in [5.41, 5.74) is 1.82. The molecule has 178 valence electrons. The first-order chi connectivity index (χ1) is 15.7. The standard InChI is InChI=1S/C25H33N3O4S/c1-4-5-15-27(3)24(29)20-13-16-28(17-14-20)25(30)21-7-6-8-23(18-21)33(31,32)26-22-11-9-19(2)10-12-22/h6-12,18,20,26H,4-5,13-17H2,1-3H3. The van der Waals surface area contributed by atoms with Gasteiger partial charge >= 0.3 is 0 Å². The molecule has 0 bridgehead atoms. The van der Waals surface area contributed by atoms with E-state index in [9.17, 15) is 18.0 Å². The minimum atomic E-state index is -3.82. The maximum Gasteiger partial charge on any atom is 0.261 e. The number of likely N-dealkylation sites (tertiary alicyclic amines) is 1. The van der Waals surface area contributed by atoms with Crippen molar-refractivity contribution in [3.63, 3.8) is 0 Å². The molecule has 0 aliphatic carbocycles. The number of anilines is 1. The number of sulfonamides is 1. The van der Waals surface area contributed by atoms with Crippen LogP contribution in [-0.2, 0) is 14.8 Å². The van der Waals surface area contributed by atoms with Crippen LogP contribution in [0.25, 0.3) is 0 Å². The third-order valence-electron chi connectivity index (χ3n) is 6.05. The lowest BCUT2D eigenvalue weighted by Crippen LogP contribution is -2.43. The Balaban J connectivity index is 1.64. The van der Waals surface area contributed by atoms with E-state index in [1.165, 1.54) is 12.1 Å². The Hall–Kier alpha value is -2.87. The third kappa shape index (κ3) is 6.35. The fraction of sp³-hybridized carbons (Fsp3) is 0.440. The molecule has 0 unspecified atom stereocenters. The number of amides is 2. The molecule has 0 aromatic heterocycles. The van der Waals surface area contributed by atoms with Crippen LogP contribution < -0.4 is 4.72 Å². The van der Waals surface area contributed by atoms with Crippen molar-refractivity contribution >= 4 is 27.5 Å². The smallest absolute Gasteiger partial charge is 0.261 e. The molecule has 3 rings (SSSR count). The van der Waals surface area contributed by atoms with Crippen molar-refractivity contribution in [2.45, 2.75) is 44.4 Å². The molecule has 2 aromatic rings. The highest BCUT2D eigenvalue weighted by Crippen LogP contribution is 2.23. The van der Waals surface area contributed by atoms with E-state index in [-0.39, 0.29) is 22.6 Å². The Morgan fingerprint density at radius 2 is 1.76 bits per heavy atom. The number of carbonyl (C=O) groups excluding carboxylic acids is 2. The Kier molecular flexibility index (Phi) is 8.13. The van der Waals surface area contributed by atoms with Crippen LogP contribution in [0.3, 0.4) is 0 Å². The van der Waals surface area contributed by atoms with Crippen LogP contribution in [0.2, 0.25) is 0 Å². The Labute approximate surface area is 196 Å². The second-order valence-electron chi connectivity index (χ2n) is 8.68. The van der Waals surface area contributed by atoms with Gasteiger partial charge in [0.15, 0.2) is 0 Å². The molecule has 1 N–H and O–H groups in total. The molecule has 1 heterocycles. The average molecular weight is 472 g/mol. The third-order valence-corrected chi connectivity index (χ3v) is 7.43. The normalized spacial score (nSPS) is 14.7. The van der Waals surface area contributed by atoms with Crippen molar-refractivity contribution in [3.8, 4) is 0 Å². The highest BCUT2D eigenvalue weighted by Gasteiger charge is 2.29. The zero-order valence-corrected chi connectivity index (χ0v) is 20.4. The number of nitrogens with one attached hydrogen (secondary N) is 1. The van der Waals surface area contributed by atoms with Gasteiger partial charge in [-0.1, -0.05) is 37.1 Å². The number of piperidine rings is 1. The molecule has 33 heavy (non-hydrogen) atoms. The first-order valence-corrected chi connectivity index (χ1v) is 12.9. The van der Waals surface area contributed by atoms with Gasteiger partial charge in [0.2, 0.25) is 5.91 Å². The van der Waals surface area contributed by atoms with Gasteiger partial charge in [0.25, 0.3) is 15.9 Å². The van der Waals surface area contributed by atoms with Crippen LogP contribution in [0.15, 0.2) is 53.4 Å². The number of hydrogen-bond acceptors (Lipinski definition) is 4. The molecule has 2 amide bonds. The van der Waals surface area contributed by atoms with Crippen LogP contribution in [0.5, 0.6) is 0 Å². The molecule has 0 atom stereocenters. The molecule has 0 spiro atoms. The molecule has 1 saturated heterocycles. The number of rotatable bonds is 8. The highest BCUT2D eigenvalue weighted by atomic mass is 32.2. The first-order valence-electron chi connectivity index (χ1n) is 11.4. The molecule has 7 nitrogen and oxygen atoms in total. The van der Waals surface area contributed by atoms with E-state index in [0.29, 0.717) is 37.2 Å². The predicted octanol–water partition coefficient (Wildman–Crippen LogP) is 3.91. The second-order valence-corrected chi connectivity index (χ2v) is 10.4. The second kappa shape index (κ2) is 10.8. The molecule has 1 fully saturated rings. The fourth-order valence-electron chi connectivity index (χ4n) is 3.96. The van der Waals surface area contributed by atoms with E-state index in [4.69, 9.17) is 0 Å². The largest absolute Gasteiger partial charge is 0.346 e. The van der Waals surface area contributed by atoms with E-state index in [1.54, 1.807) is 34.1 Å². The van der Waals surface area contributed by atoms with Gasteiger partial charge in [0.05, 0.1) is 4.90 Å². The Bertz CT molecular complexity index is 1080. The number of carbonyl (C=O) groups is 2. The summed E-state index contributed by atoms with van der Waals surface area (Å²) in [7, 11) is -1.98. The van der Waals surface area contributed by atoms with Gasteiger partial charge in [0.1, 0.15) is 0 Å². The lowest BCUT2D eigenvalue weighted by atomic mass is 9.95. The van der Waals surface area contributed by atoms with Crippen molar-refractivity contribution in [1.82, 2.24) is 9.80 Å². The lowest BCUT2D eigenvalue weighted by molar-refractivity contribution is -0.135. The number of unbranched alkanes of at least 4 members (excludes halogenated alkanes) is 1. The predicted molar refractivity (Wildman–Crippen MR) is 130 cm³/mol. The minimum absolute atomic E-state index is 0.0385. The van der Waals surface area contributed by atoms with E-state index >= 15 is 0 Å². The molecule has 0 radical (unpaired) electrons. The van der Waals surface area contributed by atoms with E-state index in [2.05, 4.69) is 11.6 Å². The summed E-state index contributed by atoms with van der Waals surface area (Å²) < 4.78 is 28.2. The lowest BCUT2D eigenvalue weighted by Gasteiger charge is -2.33. The van der Waals surface area contributed by atoms with Gasteiger partial charge in [-0.15, -0.1) is 0 Å². The molecule has 8 heteroatoms. The summed E-state index contributed by atoms with van der Waals surface area (Å²) in [6.07, 6.45) is 3.26. The van der Waals surface area contributed by atoms with Gasteiger partial charge < -0.3 is 9.80 Å². The average Bonchev–Trinajstić information content (AvgIpc) is 2.83. The number of nitrogens with zero attached hydrogens (tertiary/aromatic N) is 2. The van der Waals surface area contributed by atoms with Crippen molar-refractivity contribution < 1.29 is 18.0 Å². The van der Waals surface area contributed by atoms with Gasteiger partial charge in [-0.2, -0.15) is 0 Å². The van der Waals surface area contributed by atoms with E-state index in [0.717, 1.165) is 24.9 Å². The molecule has 2 aromatic carbocycles. The van der Waals surface area contributed by atoms with Crippen molar-refractivity contribution in [3.05, 3.63) is 59.7 Å². The van der Waals surface area contributed by atoms with Gasteiger partial charge in [0, 0.05) is 43.9 Å². The molecule has 0 saturated carbocycles. The summed E-state index contributed by atoms with van der Waals surface area (Å²) in [5, 5.41) is 0. The Morgan fingerprint density at radius 1 is 1.09 bits per heavy atom. The zero-order chi connectivity index (χ0) is 24.0. The SMILES string of the molecule is CCCCN(C)C(=O)C1CCN(C(=O)c2cccc(S(=O)(=O)Nc3ccc(C)cc3)c2)CC1. The minimum Gasteiger partial charge on any atom is -0.346 e. The van der Waals surface area contributed by atoms with Crippen molar-refractivity contribution in [2.75, 3.05) is 31.4 Å². The van der Waals surface area contributed by atoms with Crippen LogP contribution in [-0.4, -0.2) is 56.7 Å². The van der Waals surface area contributed by atoms with Crippen molar-refractivity contribution in [1.29, 1.82) is 0 Å². The maximum atomic E-state index is 13.0. The quantitative estimate of drug-likeness (QED) is 0.632. The fourth-order valence-corrected chi connectivity index (χ4v) is 5.07. The summed E-state index contributed by atoms with van der Waals surface area (Å²) in [6, 6.07) is 13.2. The van der Waals surface area contributed by atoms with E-state index in [1.807, 2.05) is 26.1 Å². The molecular formula is C25H33N3O4S. The number of benzene rings is 2. The summed E-state index contributed by atoms with van der Waals surface area (Å²) in [4.78, 5) is 29.2. The monoisotopic (exact) mass is 471 g/mol. The summed E-state index contributed by atoms with van der Waals surface area (Å²) in [5.74, 6) is -0.139. The van der Waals surface area contributed by atoms with Gasteiger partial charge in [-0.25, -0.2) is 8.42 Å². The number of hydrogen-bond donors (Lipinski definition) is 1. The van der Waals surface area contributed by atoms with Crippen LogP contribution >= 0.6 is 0 Å². The first kappa shape index (κ1) is 24.8. The summed E-state index contributed by atoms with van der Waals surface area (Å²) in [6.45, 7) is 5.75. The number of aryl methyl sites for hydroxylation is 1. The molecule has 1 aliphatic rings. The molecular weight excluding hydrogens is 438 g/mol. The van der Waals surface area contributed by atoms with Crippen LogP contribution in [0.1, 0.15) is 48.5 Å². The van der Waals surface area contributed by atoms with E-state index < -0.39 is 10.0 Å². The zero-order valence-electron chi connectivity index (χ0n) is 19.6. The van der Waals surface area contributed by atoms with Crippen LogP contribution in [0, 0.1) is 12.8 Å². The maximum absolute atomic E-state index is 13.0. The van der Waals surface area contributed by atoms with Crippen molar-refractivity contribution in [2.24, 2.45) is 5.92 Å².